The lowest BCUT2D eigenvalue weighted by molar-refractivity contribution is -0.182. The van der Waals surface area contributed by atoms with Crippen LogP contribution in [0.3, 0.4) is 0 Å². The molecule has 2 rings (SSSR count). The second-order valence-electron chi connectivity index (χ2n) is 5.92. The summed E-state index contributed by atoms with van der Waals surface area (Å²) in [6.45, 7) is 1.16. The van der Waals surface area contributed by atoms with Crippen LogP contribution >= 0.6 is 0 Å². The lowest BCUT2D eigenvalue weighted by Crippen LogP contribution is -2.58. The summed E-state index contributed by atoms with van der Waals surface area (Å²) in [6, 6.07) is -1.79. The van der Waals surface area contributed by atoms with E-state index in [2.05, 4.69) is 10.0 Å². The smallest absolute Gasteiger partial charge is 0.314 e. The minimum Gasteiger partial charge on any atom is -0.314 e. The van der Waals surface area contributed by atoms with Crippen molar-refractivity contribution in [2.75, 3.05) is 46.3 Å². The third-order valence-electron chi connectivity index (χ3n) is 4.05. The Labute approximate surface area is 129 Å². The molecule has 1 aliphatic heterocycles. The van der Waals surface area contributed by atoms with Crippen LogP contribution in [0.15, 0.2) is 0 Å². The van der Waals surface area contributed by atoms with Crippen LogP contribution in [0.2, 0.25) is 0 Å². The highest BCUT2D eigenvalue weighted by Gasteiger charge is 2.44. The molecule has 6 nitrogen and oxygen atoms in total. The molecule has 2 aliphatic rings. The highest BCUT2D eigenvalue weighted by molar-refractivity contribution is 7.87. The normalized spacial score (nSPS) is 23.0. The van der Waals surface area contributed by atoms with Gasteiger partial charge in [-0.25, -0.2) is 4.72 Å². The lowest BCUT2D eigenvalue weighted by Gasteiger charge is -2.36. The minimum atomic E-state index is -4.46. The molecule has 2 N–H and O–H groups in total. The molecule has 1 saturated heterocycles. The third-order valence-corrected chi connectivity index (χ3v) is 5.55. The molecule has 0 aromatic rings. The molecule has 1 heterocycles. The molecule has 1 aliphatic carbocycles. The van der Waals surface area contributed by atoms with E-state index < -0.39 is 29.0 Å². The van der Waals surface area contributed by atoms with Crippen LogP contribution < -0.4 is 10.0 Å². The molecular weight excluding hydrogens is 321 g/mol. The summed E-state index contributed by atoms with van der Waals surface area (Å²) in [6.07, 6.45) is -2.51. The van der Waals surface area contributed by atoms with Gasteiger partial charge in [-0.15, -0.1) is 0 Å². The van der Waals surface area contributed by atoms with Crippen molar-refractivity contribution in [1.29, 1.82) is 0 Å². The zero-order valence-corrected chi connectivity index (χ0v) is 13.4. The number of hydrogen-bond donors (Lipinski definition) is 2. The van der Waals surface area contributed by atoms with Crippen LogP contribution in [0.4, 0.5) is 13.2 Å². The van der Waals surface area contributed by atoms with Gasteiger partial charge >= 0.3 is 6.18 Å². The molecule has 1 atom stereocenters. The molecule has 0 radical (unpaired) electrons. The minimum absolute atomic E-state index is 0.254. The van der Waals surface area contributed by atoms with Gasteiger partial charge in [0.15, 0.2) is 0 Å². The maximum atomic E-state index is 13.2. The summed E-state index contributed by atoms with van der Waals surface area (Å²) >= 11 is 0. The first-order valence-electron chi connectivity index (χ1n) is 7.42. The maximum Gasteiger partial charge on any atom is 0.405 e. The zero-order chi connectivity index (χ0) is 16.4. The highest BCUT2D eigenvalue weighted by atomic mass is 32.2. The molecule has 0 bridgehead atoms. The fourth-order valence-corrected chi connectivity index (χ4v) is 3.50. The van der Waals surface area contributed by atoms with Crippen LogP contribution in [0.1, 0.15) is 12.8 Å². The van der Waals surface area contributed by atoms with E-state index in [1.54, 1.807) is 0 Å². The summed E-state index contributed by atoms with van der Waals surface area (Å²) in [5, 5.41) is 2.98. The quantitative estimate of drug-likeness (QED) is 0.682. The van der Waals surface area contributed by atoms with Crippen LogP contribution in [0.25, 0.3) is 0 Å². The van der Waals surface area contributed by atoms with Gasteiger partial charge in [-0.1, -0.05) is 0 Å². The van der Waals surface area contributed by atoms with Crippen molar-refractivity contribution in [3.05, 3.63) is 0 Å². The fraction of sp³-hybridized carbons (Fsp3) is 1.00. The molecule has 0 spiro atoms. The molecule has 130 valence electrons. The lowest BCUT2D eigenvalue weighted by atomic mass is 10.2. The molecule has 22 heavy (non-hydrogen) atoms. The number of nitrogens with one attached hydrogen (secondary N) is 2. The van der Waals surface area contributed by atoms with E-state index in [1.807, 2.05) is 0 Å². The molecule has 1 saturated carbocycles. The zero-order valence-electron chi connectivity index (χ0n) is 12.6. The first kappa shape index (κ1) is 17.9. The van der Waals surface area contributed by atoms with Gasteiger partial charge in [0.1, 0.15) is 6.04 Å². The summed E-state index contributed by atoms with van der Waals surface area (Å²) < 4.78 is 66.8. The van der Waals surface area contributed by atoms with Gasteiger partial charge in [0.2, 0.25) is 0 Å². The van der Waals surface area contributed by atoms with Gasteiger partial charge in [0.25, 0.3) is 10.2 Å². The first-order valence-corrected chi connectivity index (χ1v) is 8.86. The van der Waals surface area contributed by atoms with Crippen molar-refractivity contribution >= 4 is 10.2 Å². The van der Waals surface area contributed by atoms with Gasteiger partial charge < -0.3 is 5.32 Å². The predicted octanol–water partition coefficient (Wildman–Crippen LogP) is -0.00130. The third kappa shape index (κ3) is 5.05. The van der Waals surface area contributed by atoms with Gasteiger partial charge in [0, 0.05) is 46.3 Å². The van der Waals surface area contributed by atoms with Gasteiger partial charge in [-0.3, -0.25) is 4.90 Å². The Morgan fingerprint density at radius 2 is 1.91 bits per heavy atom. The number of halogens is 3. The van der Waals surface area contributed by atoms with Crippen molar-refractivity contribution in [1.82, 2.24) is 19.2 Å². The van der Waals surface area contributed by atoms with Gasteiger partial charge in [-0.2, -0.15) is 25.9 Å². The highest BCUT2D eigenvalue weighted by Crippen LogP contribution is 2.30. The Hall–Kier alpha value is -0.420. The van der Waals surface area contributed by atoms with E-state index in [1.165, 1.54) is 11.9 Å². The first-order chi connectivity index (χ1) is 10.2. The summed E-state index contributed by atoms with van der Waals surface area (Å²) in [5.74, 6) is 0.341. The Kier molecular flexibility index (Phi) is 5.70. The van der Waals surface area contributed by atoms with E-state index in [9.17, 15) is 21.6 Å². The van der Waals surface area contributed by atoms with Crippen LogP contribution in [0, 0.1) is 5.92 Å². The average Bonchev–Trinajstić information content (AvgIpc) is 3.22. The molecule has 2 fully saturated rings. The fourth-order valence-electron chi connectivity index (χ4n) is 2.50. The molecular formula is C12H23F3N4O2S. The van der Waals surface area contributed by atoms with E-state index in [4.69, 9.17) is 0 Å². The van der Waals surface area contributed by atoms with E-state index in [0.29, 0.717) is 25.6 Å². The Bertz CT molecular complexity index is 461. The molecule has 1 unspecified atom stereocenters. The van der Waals surface area contributed by atoms with Crippen molar-refractivity contribution in [3.63, 3.8) is 0 Å². The van der Waals surface area contributed by atoms with E-state index in [0.717, 1.165) is 17.1 Å². The SMILES string of the molecule is CN(CC1CC1)S(=O)(=O)NCC(N1CCNCC1)C(F)(F)F. The van der Waals surface area contributed by atoms with Crippen molar-refractivity contribution in [2.24, 2.45) is 5.92 Å². The molecule has 0 aromatic heterocycles. The Balaban J connectivity index is 1.94. The number of nitrogens with zero attached hydrogens (tertiary/aromatic N) is 2. The van der Waals surface area contributed by atoms with Crippen LogP contribution in [-0.4, -0.2) is 76.2 Å². The molecule has 0 aromatic carbocycles. The summed E-state index contributed by atoms with van der Waals surface area (Å²) in [4.78, 5) is 1.28. The van der Waals surface area contributed by atoms with Crippen LogP contribution in [-0.2, 0) is 10.2 Å². The second kappa shape index (κ2) is 7.00. The van der Waals surface area contributed by atoms with E-state index >= 15 is 0 Å². The number of piperazine rings is 1. The Morgan fingerprint density at radius 3 is 2.41 bits per heavy atom. The van der Waals surface area contributed by atoms with Crippen molar-refractivity contribution < 1.29 is 21.6 Å². The average molecular weight is 344 g/mol. The number of hydrogen-bond acceptors (Lipinski definition) is 4. The molecule has 0 amide bonds. The van der Waals surface area contributed by atoms with Gasteiger partial charge in [0.05, 0.1) is 0 Å². The summed E-state index contributed by atoms with van der Waals surface area (Å²) in [5.41, 5.74) is 0. The van der Waals surface area contributed by atoms with Crippen molar-refractivity contribution in [3.8, 4) is 0 Å². The van der Waals surface area contributed by atoms with E-state index in [-0.39, 0.29) is 13.1 Å². The standard InChI is InChI=1S/C12H23F3N4O2S/c1-18(9-10-2-3-10)22(20,21)17-8-11(12(13,14)15)19-6-4-16-5-7-19/h10-11,16-17H,2-9H2,1H3. The predicted molar refractivity (Wildman–Crippen MR) is 76.6 cm³/mol. The number of rotatable bonds is 7. The van der Waals surface area contributed by atoms with Crippen LogP contribution in [0.5, 0.6) is 0 Å². The Morgan fingerprint density at radius 1 is 1.32 bits per heavy atom. The summed E-state index contributed by atoms with van der Waals surface area (Å²) in [7, 11) is -2.47. The number of alkyl halides is 3. The second-order valence-corrected chi connectivity index (χ2v) is 7.78. The largest absolute Gasteiger partial charge is 0.405 e. The monoisotopic (exact) mass is 344 g/mol. The van der Waals surface area contributed by atoms with Crippen molar-refractivity contribution in [2.45, 2.75) is 25.1 Å². The maximum absolute atomic E-state index is 13.2. The topological polar surface area (TPSA) is 64.7 Å². The molecule has 10 heteroatoms. The van der Waals surface area contributed by atoms with Gasteiger partial charge in [-0.05, 0) is 18.8 Å².